The lowest BCUT2D eigenvalue weighted by Gasteiger charge is -2.22. The van der Waals surface area contributed by atoms with E-state index in [2.05, 4.69) is 30.5 Å². The molecule has 1 heterocycles. The molecule has 124 valence electrons. The van der Waals surface area contributed by atoms with E-state index in [4.69, 9.17) is 0 Å². The Balaban J connectivity index is 1.95. The number of amides is 1. The van der Waals surface area contributed by atoms with Crippen LogP contribution in [0, 0.1) is 0 Å². The number of unbranched alkanes of at least 4 members (excludes halogenated alkanes) is 7. The molecule has 1 atom stereocenters. The van der Waals surface area contributed by atoms with Crippen LogP contribution in [0.2, 0.25) is 0 Å². The minimum absolute atomic E-state index is 0.376. The van der Waals surface area contributed by atoms with Gasteiger partial charge in [-0.05, 0) is 25.0 Å². The van der Waals surface area contributed by atoms with E-state index in [-0.39, 0.29) is 0 Å². The van der Waals surface area contributed by atoms with Gasteiger partial charge in [0.05, 0.1) is 0 Å². The number of nitrogens with zero attached hydrogens (tertiary/aromatic N) is 1. The Kier molecular flexibility index (Phi) is 11.1. The molecular weight excluding hydrogens is 278 g/mol. The standard InChI is InChI=1S/C18H35NOS/c1-3-5-6-7-8-9-10-11-15-21-17(4-2)16-19-14-12-13-18(19)20/h17H,3-16H2,1-2H3. The zero-order valence-electron chi connectivity index (χ0n) is 14.2. The van der Waals surface area contributed by atoms with Crippen LogP contribution in [0.3, 0.4) is 0 Å². The molecule has 0 saturated carbocycles. The molecule has 1 saturated heterocycles. The fraction of sp³-hybridized carbons (Fsp3) is 0.944. The van der Waals surface area contributed by atoms with Gasteiger partial charge >= 0.3 is 0 Å². The molecule has 0 bridgehead atoms. The molecule has 1 aliphatic heterocycles. The van der Waals surface area contributed by atoms with Crippen molar-refractivity contribution in [1.29, 1.82) is 0 Å². The van der Waals surface area contributed by atoms with Crippen molar-refractivity contribution in [1.82, 2.24) is 4.90 Å². The van der Waals surface area contributed by atoms with Crippen LogP contribution >= 0.6 is 11.8 Å². The number of hydrogen-bond donors (Lipinski definition) is 0. The van der Waals surface area contributed by atoms with Crippen LogP contribution in [-0.4, -0.2) is 34.9 Å². The number of likely N-dealkylation sites (tertiary alicyclic amines) is 1. The van der Waals surface area contributed by atoms with E-state index in [1.807, 2.05) is 0 Å². The number of rotatable bonds is 13. The van der Waals surface area contributed by atoms with Gasteiger partial charge in [0.1, 0.15) is 0 Å². The van der Waals surface area contributed by atoms with Crippen molar-refractivity contribution in [3.8, 4) is 0 Å². The molecule has 0 aliphatic carbocycles. The van der Waals surface area contributed by atoms with Gasteiger partial charge in [-0.1, -0.05) is 58.8 Å². The second kappa shape index (κ2) is 12.4. The molecule has 0 aromatic heterocycles. The van der Waals surface area contributed by atoms with E-state index in [0.717, 1.165) is 25.9 Å². The third-order valence-electron chi connectivity index (χ3n) is 4.40. The van der Waals surface area contributed by atoms with Gasteiger partial charge in [0.2, 0.25) is 5.91 Å². The first kappa shape index (κ1) is 18.9. The Bertz CT molecular complexity index is 270. The number of carbonyl (C=O) groups excluding carboxylic acids is 1. The summed E-state index contributed by atoms with van der Waals surface area (Å²) in [5, 5.41) is 0.650. The van der Waals surface area contributed by atoms with Crippen molar-refractivity contribution in [2.24, 2.45) is 0 Å². The van der Waals surface area contributed by atoms with E-state index in [1.165, 1.54) is 63.5 Å². The summed E-state index contributed by atoms with van der Waals surface area (Å²) < 4.78 is 0. The first-order valence-electron chi connectivity index (χ1n) is 9.17. The summed E-state index contributed by atoms with van der Waals surface area (Å²) in [6.07, 6.45) is 14.2. The summed E-state index contributed by atoms with van der Waals surface area (Å²) >= 11 is 2.09. The van der Waals surface area contributed by atoms with Gasteiger partial charge in [0, 0.05) is 24.8 Å². The Hall–Kier alpha value is -0.180. The molecule has 1 fully saturated rings. The lowest BCUT2D eigenvalue weighted by Crippen LogP contribution is -2.31. The molecule has 1 amide bonds. The molecule has 0 aromatic rings. The topological polar surface area (TPSA) is 20.3 Å². The van der Waals surface area contributed by atoms with Gasteiger partial charge in [-0.15, -0.1) is 0 Å². The molecule has 0 aromatic carbocycles. The molecule has 21 heavy (non-hydrogen) atoms. The molecule has 0 spiro atoms. The summed E-state index contributed by atoms with van der Waals surface area (Å²) in [6.45, 7) is 6.51. The smallest absolute Gasteiger partial charge is 0.222 e. The highest BCUT2D eigenvalue weighted by molar-refractivity contribution is 7.99. The van der Waals surface area contributed by atoms with Gasteiger partial charge in [-0.25, -0.2) is 0 Å². The summed E-state index contributed by atoms with van der Waals surface area (Å²) in [5.41, 5.74) is 0. The molecule has 1 unspecified atom stereocenters. The maximum atomic E-state index is 11.7. The van der Waals surface area contributed by atoms with Gasteiger partial charge in [0.25, 0.3) is 0 Å². The van der Waals surface area contributed by atoms with Crippen molar-refractivity contribution < 1.29 is 4.79 Å². The minimum Gasteiger partial charge on any atom is -0.342 e. The Morgan fingerprint density at radius 3 is 2.29 bits per heavy atom. The quantitative estimate of drug-likeness (QED) is 0.432. The van der Waals surface area contributed by atoms with Crippen LogP contribution in [0.4, 0.5) is 0 Å². The first-order chi connectivity index (χ1) is 10.3. The Labute approximate surface area is 136 Å². The maximum absolute atomic E-state index is 11.7. The van der Waals surface area contributed by atoms with Gasteiger partial charge in [-0.2, -0.15) is 11.8 Å². The van der Waals surface area contributed by atoms with Gasteiger partial charge in [-0.3, -0.25) is 4.79 Å². The van der Waals surface area contributed by atoms with E-state index < -0.39 is 0 Å². The number of hydrogen-bond acceptors (Lipinski definition) is 2. The molecule has 2 nitrogen and oxygen atoms in total. The van der Waals surface area contributed by atoms with Crippen molar-refractivity contribution in [3.63, 3.8) is 0 Å². The SMILES string of the molecule is CCCCCCCCCCSC(CC)CN1CCCC1=O. The second-order valence-corrected chi connectivity index (χ2v) is 7.73. The average molecular weight is 314 g/mol. The third-order valence-corrected chi connectivity index (χ3v) is 5.88. The number of thioether (sulfide) groups is 1. The van der Waals surface area contributed by atoms with Crippen molar-refractivity contribution in [2.45, 2.75) is 89.7 Å². The molecule has 3 heteroatoms. The van der Waals surface area contributed by atoms with E-state index in [0.29, 0.717) is 11.2 Å². The molecule has 1 rings (SSSR count). The molecule has 0 radical (unpaired) electrons. The summed E-state index contributed by atoms with van der Waals surface area (Å²) in [5.74, 6) is 1.65. The van der Waals surface area contributed by atoms with Crippen LogP contribution in [0.5, 0.6) is 0 Å². The zero-order chi connectivity index (χ0) is 15.3. The van der Waals surface area contributed by atoms with Crippen LogP contribution in [0.25, 0.3) is 0 Å². The highest BCUT2D eigenvalue weighted by Crippen LogP contribution is 2.21. The second-order valence-electron chi connectivity index (χ2n) is 6.32. The lowest BCUT2D eigenvalue weighted by atomic mass is 10.1. The van der Waals surface area contributed by atoms with Crippen LogP contribution in [0.15, 0.2) is 0 Å². The zero-order valence-corrected chi connectivity index (χ0v) is 15.1. The predicted molar refractivity (Wildman–Crippen MR) is 95.0 cm³/mol. The Morgan fingerprint density at radius 1 is 1.05 bits per heavy atom. The van der Waals surface area contributed by atoms with Crippen LogP contribution in [-0.2, 0) is 4.79 Å². The molecule has 1 aliphatic rings. The van der Waals surface area contributed by atoms with Crippen molar-refractivity contribution >= 4 is 17.7 Å². The largest absolute Gasteiger partial charge is 0.342 e. The third kappa shape index (κ3) is 8.75. The molecular formula is C18H35NOS. The lowest BCUT2D eigenvalue weighted by molar-refractivity contribution is -0.127. The van der Waals surface area contributed by atoms with Gasteiger partial charge < -0.3 is 4.90 Å². The van der Waals surface area contributed by atoms with E-state index in [1.54, 1.807) is 0 Å². The van der Waals surface area contributed by atoms with Crippen molar-refractivity contribution in [3.05, 3.63) is 0 Å². The number of carbonyl (C=O) groups is 1. The highest BCUT2D eigenvalue weighted by Gasteiger charge is 2.22. The fourth-order valence-electron chi connectivity index (χ4n) is 2.93. The van der Waals surface area contributed by atoms with E-state index >= 15 is 0 Å². The maximum Gasteiger partial charge on any atom is 0.222 e. The monoisotopic (exact) mass is 313 g/mol. The van der Waals surface area contributed by atoms with E-state index in [9.17, 15) is 4.79 Å². The Morgan fingerprint density at radius 2 is 1.71 bits per heavy atom. The van der Waals surface area contributed by atoms with Gasteiger partial charge in [0.15, 0.2) is 0 Å². The van der Waals surface area contributed by atoms with Crippen LogP contribution < -0.4 is 0 Å². The minimum atomic E-state index is 0.376. The fourth-order valence-corrected chi connectivity index (χ4v) is 4.15. The summed E-state index contributed by atoms with van der Waals surface area (Å²) in [4.78, 5) is 13.7. The average Bonchev–Trinajstić information content (AvgIpc) is 2.89. The first-order valence-corrected chi connectivity index (χ1v) is 10.2. The van der Waals surface area contributed by atoms with Crippen LogP contribution in [0.1, 0.15) is 84.5 Å². The predicted octanol–water partition coefficient (Wildman–Crippen LogP) is 5.26. The normalized spacial score (nSPS) is 16.7. The highest BCUT2D eigenvalue weighted by atomic mass is 32.2. The van der Waals surface area contributed by atoms with Crippen molar-refractivity contribution in [2.75, 3.05) is 18.8 Å². The summed E-state index contributed by atoms with van der Waals surface area (Å²) in [6, 6.07) is 0. The molecule has 0 N–H and O–H groups in total. The summed E-state index contributed by atoms with van der Waals surface area (Å²) in [7, 11) is 0.